The maximum Gasteiger partial charge on any atom is 0.320 e. The van der Waals surface area contributed by atoms with Crippen molar-refractivity contribution in [3.63, 3.8) is 0 Å². The Bertz CT molecular complexity index is 1010. The van der Waals surface area contributed by atoms with E-state index in [0.717, 1.165) is 16.7 Å². The number of esters is 2. The van der Waals surface area contributed by atoms with Crippen LogP contribution in [0.25, 0.3) is 11.1 Å². The van der Waals surface area contributed by atoms with E-state index in [1.165, 1.54) is 6.33 Å². The first-order valence-electron chi connectivity index (χ1n) is 10.5. The first-order valence-corrected chi connectivity index (χ1v) is 10.5. The van der Waals surface area contributed by atoms with Gasteiger partial charge in [0, 0.05) is 18.0 Å². The molecule has 0 atom stereocenters. The Morgan fingerprint density at radius 1 is 0.875 bits per heavy atom. The standard InChI is InChI=1S/C25H26N2O5/c1-3-30-24(28)22(25(29)31-4-2)13-20-12-19(21-14-26-17-27-15-21)10-11-23(20)32-16-18-8-6-5-7-9-18/h5-12,14-15,17,22H,3-4,13,16H2,1-2H3. The molecule has 0 N–H and O–H groups in total. The van der Waals surface area contributed by atoms with Crippen molar-refractivity contribution in [2.24, 2.45) is 5.92 Å². The van der Waals surface area contributed by atoms with Crippen LogP contribution in [0.5, 0.6) is 5.75 Å². The normalized spacial score (nSPS) is 10.6. The van der Waals surface area contributed by atoms with Crippen LogP contribution < -0.4 is 4.74 Å². The molecule has 2 aromatic carbocycles. The fourth-order valence-electron chi connectivity index (χ4n) is 3.21. The number of hydrogen-bond acceptors (Lipinski definition) is 7. The summed E-state index contributed by atoms with van der Waals surface area (Å²) in [7, 11) is 0. The van der Waals surface area contributed by atoms with Crippen molar-refractivity contribution >= 4 is 11.9 Å². The number of nitrogens with zero attached hydrogens (tertiary/aromatic N) is 2. The smallest absolute Gasteiger partial charge is 0.320 e. The number of carbonyl (C=O) groups is 2. The summed E-state index contributed by atoms with van der Waals surface area (Å²) in [6.07, 6.45) is 4.94. The Hall–Kier alpha value is -3.74. The lowest BCUT2D eigenvalue weighted by Crippen LogP contribution is -2.30. The number of benzene rings is 2. The third-order valence-corrected chi connectivity index (χ3v) is 4.76. The van der Waals surface area contributed by atoms with Gasteiger partial charge >= 0.3 is 11.9 Å². The van der Waals surface area contributed by atoms with Crippen molar-refractivity contribution in [3.05, 3.63) is 78.4 Å². The highest BCUT2D eigenvalue weighted by atomic mass is 16.6. The summed E-state index contributed by atoms with van der Waals surface area (Å²) in [5, 5.41) is 0. The van der Waals surface area contributed by atoms with Gasteiger partial charge in [-0.25, -0.2) is 9.97 Å². The van der Waals surface area contributed by atoms with Crippen molar-refractivity contribution in [3.8, 4) is 16.9 Å². The van der Waals surface area contributed by atoms with Crippen LogP contribution in [-0.2, 0) is 32.1 Å². The van der Waals surface area contributed by atoms with Crippen molar-refractivity contribution < 1.29 is 23.8 Å². The van der Waals surface area contributed by atoms with Gasteiger partial charge in [-0.05, 0) is 49.1 Å². The molecular weight excluding hydrogens is 408 g/mol. The van der Waals surface area contributed by atoms with E-state index >= 15 is 0 Å². The quantitative estimate of drug-likeness (QED) is 0.352. The highest BCUT2D eigenvalue weighted by Gasteiger charge is 2.31. The van der Waals surface area contributed by atoms with Crippen LogP contribution in [-0.4, -0.2) is 35.1 Å². The first-order chi connectivity index (χ1) is 15.6. The second-order valence-electron chi connectivity index (χ2n) is 6.98. The van der Waals surface area contributed by atoms with Crippen LogP contribution in [0.1, 0.15) is 25.0 Å². The molecule has 1 aromatic heterocycles. The van der Waals surface area contributed by atoms with Crippen molar-refractivity contribution in [2.75, 3.05) is 13.2 Å². The molecule has 0 aliphatic rings. The van der Waals surface area contributed by atoms with Gasteiger partial charge in [0.15, 0.2) is 5.92 Å². The number of rotatable bonds is 10. The van der Waals surface area contributed by atoms with Crippen LogP contribution in [0.4, 0.5) is 0 Å². The zero-order valence-corrected chi connectivity index (χ0v) is 18.2. The van der Waals surface area contributed by atoms with Crippen LogP contribution in [0.3, 0.4) is 0 Å². The molecule has 0 spiro atoms. The van der Waals surface area contributed by atoms with Crippen LogP contribution >= 0.6 is 0 Å². The van der Waals surface area contributed by atoms with Crippen molar-refractivity contribution in [2.45, 2.75) is 26.9 Å². The van der Waals surface area contributed by atoms with E-state index in [9.17, 15) is 9.59 Å². The molecule has 166 valence electrons. The molecule has 0 amide bonds. The van der Waals surface area contributed by atoms with Gasteiger partial charge in [-0.1, -0.05) is 36.4 Å². The lowest BCUT2D eigenvalue weighted by molar-refractivity contribution is -0.161. The fourth-order valence-corrected chi connectivity index (χ4v) is 3.21. The average Bonchev–Trinajstić information content (AvgIpc) is 2.83. The maximum atomic E-state index is 12.5. The molecule has 0 unspecified atom stereocenters. The van der Waals surface area contributed by atoms with E-state index in [1.54, 1.807) is 26.2 Å². The number of hydrogen-bond donors (Lipinski definition) is 0. The van der Waals surface area contributed by atoms with Gasteiger partial charge in [-0.15, -0.1) is 0 Å². The Labute approximate surface area is 187 Å². The minimum atomic E-state index is -1.09. The lowest BCUT2D eigenvalue weighted by Gasteiger charge is -2.18. The number of aromatic nitrogens is 2. The van der Waals surface area contributed by atoms with Crippen molar-refractivity contribution in [1.82, 2.24) is 9.97 Å². The van der Waals surface area contributed by atoms with Gasteiger partial charge in [-0.3, -0.25) is 9.59 Å². The molecule has 0 aliphatic heterocycles. The fraction of sp³-hybridized carbons (Fsp3) is 0.280. The lowest BCUT2D eigenvalue weighted by atomic mass is 9.95. The molecule has 3 aromatic rings. The van der Waals surface area contributed by atoms with E-state index in [1.807, 2.05) is 48.5 Å². The first kappa shape index (κ1) is 22.9. The highest BCUT2D eigenvalue weighted by Crippen LogP contribution is 2.29. The average molecular weight is 434 g/mol. The summed E-state index contributed by atoms with van der Waals surface area (Å²) in [5.74, 6) is -1.74. The van der Waals surface area contributed by atoms with Gasteiger partial charge in [0.25, 0.3) is 0 Å². The molecule has 0 saturated carbocycles. The zero-order chi connectivity index (χ0) is 22.8. The molecule has 32 heavy (non-hydrogen) atoms. The molecular formula is C25H26N2O5. The largest absolute Gasteiger partial charge is 0.489 e. The Morgan fingerprint density at radius 2 is 1.53 bits per heavy atom. The Kier molecular flexibility index (Phi) is 8.31. The summed E-state index contributed by atoms with van der Waals surface area (Å²) in [5.41, 5.74) is 3.35. The third kappa shape index (κ3) is 6.14. The van der Waals surface area contributed by atoms with E-state index in [-0.39, 0.29) is 19.6 Å². The second-order valence-corrected chi connectivity index (χ2v) is 6.98. The van der Waals surface area contributed by atoms with Crippen LogP contribution in [0.15, 0.2) is 67.3 Å². The Balaban J connectivity index is 1.94. The minimum Gasteiger partial charge on any atom is -0.489 e. The van der Waals surface area contributed by atoms with Crippen molar-refractivity contribution in [1.29, 1.82) is 0 Å². The van der Waals surface area contributed by atoms with Gasteiger partial charge in [0.05, 0.1) is 13.2 Å². The summed E-state index contributed by atoms with van der Waals surface area (Å²) < 4.78 is 16.3. The Morgan fingerprint density at radius 3 is 2.16 bits per heavy atom. The molecule has 0 aliphatic carbocycles. The van der Waals surface area contributed by atoms with Crippen LogP contribution in [0, 0.1) is 5.92 Å². The topological polar surface area (TPSA) is 87.6 Å². The molecule has 7 heteroatoms. The SMILES string of the molecule is CCOC(=O)C(Cc1cc(-c2cncnc2)ccc1OCc1ccccc1)C(=O)OCC. The molecule has 0 bridgehead atoms. The number of ether oxygens (including phenoxy) is 3. The van der Waals surface area contributed by atoms with E-state index < -0.39 is 17.9 Å². The molecule has 7 nitrogen and oxygen atoms in total. The van der Waals surface area contributed by atoms with E-state index in [0.29, 0.717) is 17.9 Å². The maximum absolute atomic E-state index is 12.5. The second kappa shape index (κ2) is 11.6. The molecule has 3 rings (SSSR count). The van der Waals surface area contributed by atoms with E-state index in [2.05, 4.69) is 9.97 Å². The van der Waals surface area contributed by atoms with Crippen LogP contribution in [0.2, 0.25) is 0 Å². The summed E-state index contributed by atoms with van der Waals surface area (Å²) in [4.78, 5) is 33.2. The minimum absolute atomic E-state index is 0.0866. The number of carbonyl (C=O) groups excluding carboxylic acids is 2. The van der Waals surface area contributed by atoms with Gasteiger partial charge < -0.3 is 14.2 Å². The van der Waals surface area contributed by atoms with Gasteiger partial charge in [0.2, 0.25) is 0 Å². The summed E-state index contributed by atoms with van der Waals surface area (Å²) >= 11 is 0. The summed E-state index contributed by atoms with van der Waals surface area (Å²) in [6, 6.07) is 15.4. The molecule has 1 heterocycles. The molecule has 0 saturated heterocycles. The zero-order valence-electron chi connectivity index (χ0n) is 18.2. The summed E-state index contributed by atoms with van der Waals surface area (Å²) in [6.45, 7) is 4.10. The monoisotopic (exact) mass is 434 g/mol. The van der Waals surface area contributed by atoms with Gasteiger partial charge in [-0.2, -0.15) is 0 Å². The molecule has 0 fully saturated rings. The van der Waals surface area contributed by atoms with Gasteiger partial charge in [0.1, 0.15) is 18.7 Å². The predicted molar refractivity (Wildman–Crippen MR) is 119 cm³/mol. The third-order valence-electron chi connectivity index (χ3n) is 4.76. The molecule has 0 radical (unpaired) electrons. The predicted octanol–water partition coefficient (Wildman–Crippen LogP) is 4.01. The highest BCUT2D eigenvalue weighted by molar-refractivity contribution is 5.95. The van der Waals surface area contributed by atoms with E-state index in [4.69, 9.17) is 14.2 Å².